The van der Waals surface area contributed by atoms with Gasteiger partial charge in [-0.1, -0.05) is 24.3 Å². The Morgan fingerprint density at radius 1 is 1.32 bits per heavy atom. The van der Waals surface area contributed by atoms with Crippen molar-refractivity contribution in [2.75, 3.05) is 5.73 Å². The standard InChI is InChI=1S/C18H17ClF3N5O/c1-17(19)5-3-2-4-11(17)10-6-13(12-7-14(23)26-9-25-12)27(8-18(20,21)22)15(10)16(24)28/h2-7,9,11H,8H2,1H3,(H2,24,28)(H2,23,25,26). The smallest absolute Gasteiger partial charge is 0.384 e. The van der Waals surface area contributed by atoms with Crippen LogP contribution < -0.4 is 11.5 Å². The summed E-state index contributed by atoms with van der Waals surface area (Å²) in [5, 5.41) is 0. The van der Waals surface area contributed by atoms with Gasteiger partial charge in [0.05, 0.1) is 16.3 Å². The molecule has 0 saturated carbocycles. The summed E-state index contributed by atoms with van der Waals surface area (Å²) in [6, 6.07) is 2.77. The predicted octanol–water partition coefficient (Wildman–Crippen LogP) is 3.40. The second-order valence-corrected chi connectivity index (χ2v) is 7.41. The van der Waals surface area contributed by atoms with Crippen LogP contribution in [-0.2, 0) is 6.54 Å². The van der Waals surface area contributed by atoms with Gasteiger partial charge in [-0.3, -0.25) is 4.79 Å². The number of anilines is 1. The number of nitrogens with two attached hydrogens (primary N) is 2. The molecule has 148 valence electrons. The summed E-state index contributed by atoms with van der Waals surface area (Å²) in [6.45, 7) is 0.281. The van der Waals surface area contributed by atoms with Crippen LogP contribution in [0.3, 0.4) is 0 Å². The SMILES string of the molecule is CC1(Cl)C=CC=CC1c1cc(-c2cc(N)ncn2)n(CC(F)(F)F)c1C(N)=O. The number of nitrogens with zero attached hydrogens (tertiary/aromatic N) is 3. The summed E-state index contributed by atoms with van der Waals surface area (Å²) in [4.78, 5) is 19.0. The van der Waals surface area contributed by atoms with Crippen molar-refractivity contribution in [1.82, 2.24) is 14.5 Å². The number of hydrogen-bond acceptors (Lipinski definition) is 4. The van der Waals surface area contributed by atoms with E-state index in [1.807, 2.05) is 0 Å². The molecule has 0 bridgehead atoms. The van der Waals surface area contributed by atoms with Gasteiger partial charge in [-0.15, -0.1) is 11.6 Å². The van der Waals surface area contributed by atoms with Crippen molar-refractivity contribution in [3.8, 4) is 11.4 Å². The molecule has 2 unspecified atom stereocenters. The van der Waals surface area contributed by atoms with Crippen LogP contribution in [0.2, 0.25) is 0 Å². The van der Waals surface area contributed by atoms with Gasteiger partial charge in [0.25, 0.3) is 5.91 Å². The van der Waals surface area contributed by atoms with Crippen LogP contribution in [0.4, 0.5) is 19.0 Å². The van der Waals surface area contributed by atoms with Gasteiger partial charge < -0.3 is 16.0 Å². The van der Waals surface area contributed by atoms with Crippen molar-refractivity contribution in [3.05, 3.63) is 54.0 Å². The number of rotatable bonds is 4. The molecule has 0 fully saturated rings. The lowest BCUT2D eigenvalue weighted by molar-refractivity contribution is -0.140. The van der Waals surface area contributed by atoms with E-state index in [2.05, 4.69) is 9.97 Å². The Hall–Kier alpha value is -2.81. The van der Waals surface area contributed by atoms with Crippen LogP contribution in [0.1, 0.15) is 28.9 Å². The zero-order chi connectivity index (χ0) is 20.7. The summed E-state index contributed by atoms with van der Waals surface area (Å²) in [5.74, 6) is -1.49. The summed E-state index contributed by atoms with van der Waals surface area (Å²) in [6.07, 6.45) is 3.39. The third-order valence-corrected chi connectivity index (χ3v) is 4.79. The minimum Gasteiger partial charge on any atom is -0.384 e. The molecule has 4 N–H and O–H groups in total. The van der Waals surface area contributed by atoms with Crippen LogP contribution in [0.15, 0.2) is 42.8 Å². The number of carbonyl (C=O) groups is 1. The number of allylic oxidation sites excluding steroid dienone is 4. The van der Waals surface area contributed by atoms with Gasteiger partial charge in [0.1, 0.15) is 24.4 Å². The van der Waals surface area contributed by atoms with Crippen molar-refractivity contribution in [1.29, 1.82) is 0 Å². The number of aromatic nitrogens is 3. The van der Waals surface area contributed by atoms with Crippen LogP contribution >= 0.6 is 11.6 Å². The third kappa shape index (κ3) is 3.89. The third-order valence-electron chi connectivity index (χ3n) is 4.43. The van der Waals surface area contributed by atoms with E-state index in [1.165, 1.54) is 12.1 Å². The topological polar surface area (TPSA) is 99.8 Å². The molecule has 2 aromatic rings. The van der Waals surface area contributed by atoms with E-state index in [0.717, 1.165) is 10.9 Å². The Kier molecular flexibility index (Phi) is 4.97. The van der Waals surface area contributed by atoms with Gasteiger partial charge in [-0.2, -0.15) is 13.2 Å². The summed E-state index contributed by atoms with van der Waals surface area (Å²) >= 11 is 6.55. The van der Waals surface area contributed by atoms with Gasteiger partial charge in [0.2, 0.25) is 0 Å². The second kappa shape index (κ2) is 6.97. The molecular weight excluding hydrogens is 395 g/mol. The molecule has 0 radical (unpaired) electrons. The maximum atomic E-state index is 13.3. The molecule has 1 amide bonds. The van der Waals surface area contributed by atoms with Crippen molar-refractivity contribution in [2.24, 2.45) is 5.73 Å². The number of halogens is 4. The highest BCUT2D eigenvalue weighted by atomic mass is 35.5. The van der Waals surface area contributed by atoms with Crippen LogP contribution in [0, 0.1) is 0 Å². The Balaban J connectivity index is 2.29. The molecule has 2 heterocycles. The van der Waals surface area contributed by atoms with Gasteiger partial charge in [0, 0.05) is 12.0 Å². The van der Waals surface area contributed by atoms with E-state index in [-0.39, 0.29) is 28.5 Å². The van der Waals surface area contributed by atoms with Gasteiger partial charge in [0.15, 0.2) is 0 Å². The first-order valence-electron chi connectivity index (χ1n) is 8.22. The van der Waals surface area contributed by atoms with E-state index in [9.17, 15) is 18.0 Å². The van der Waals surface area contributed by atoms with Gasteiger partial charge >= 0.3 is 6.18 Å². The van der Waals surface area contributed by atoms with Gasteiger partial charge in [-0.05, 0) is 18.6 Å². The zero-order valence-electron chi connectivity index (χ0n) is 14.7. The summed E-state index contributed by atoms with van der Waals surface area (Å²) in [7, 11) is 0. The van der Waals surface area contributed by atoms with Crippen LogP contribution in [0.5, 0.6) is 0 Å². The zero-order valence-corrected chi connectivity index (χ0v) is 15.5. The quantitative estimate of drug-likeness (QED) is 0.753. The molecule has 0 saturated heterocycles. The maximum Gasteiger partial charge on any atom is 0.406 e. The molecule has 0 spiro atoms. The first-order valence-corrected chi connectivity index (χ1v) is 8.60. The predicted molar refractivity (Wildman–Crippen MR) is 99.7 cm³/mol. The highest BCUT2D eigenvalue weighted by molar-refractivity contribution is 6.26. The fraction of sp³-hybridized carbons (Fsp3) is 0.278. The minimum absolute atomic E-state index is 0.0469. The largest absolute Gasteiger partial charge is 0.406 e. The molecule has 1 aliphatic rings. The molecule has 1 aliphatic carbocycles. The van der Waals surface area contributed by atoms with E-state index in [1.54, 1.807) is 31.2 Å². The lowest BCUT2D eigenvalue weighted by Gasteiger charge is -2.29. The monoisotopic (exact) mass is 411 g/mol. The van der Waals surface area contributed by atoms with E-state index in [0.29, 0.717) is 0 Å². The molecule has 0 aliphatic heterocycles. The van der Waals surface area contributed by atoms with Crippen molar-refractivity contribution in [3.63, 3.8) is 0 Å². The van der Waals surface area contributed by atoms with Crippen molar-refractivity contribution < 1.29 is 18.0 Å². The first kappa shape index (κ1) is 19.9. The summed E-state index contributed by atoms with van der Waals surface area (Å²) in [5.41, 5.74) is 11.3. The van der Waals surface area contributed by atoms with Crippen molar-refractivity contribution >= 4 is 23.3 Å². The molecule has 10 heteroatoms. The molecule has 2 atom stereocenters. The van der Waals surface area contributed by atoms with Gasteiger partial charge in [-0.25, -0.2) is 9.97 Å². The normalized spacial score (nSPS) is 21.8. The molecule has 6 nitrogen and oxygen atoms in total. The lowest BCUT2D eigenvalue weighted by atomic mass is 9.83. The van der Waals surface area contributed by atoms with Crippen LogP contribution in [-0.4, -0.2) is 31.5 Å². The Morgan fingerprint density at radius 2 is 2.04 bits per heavy atom. The van der Waals surface area contributed by atoms with E-state index >= 15 is 0 Å². The molecule has 0 aromatic carbocycles. The number of carbonyl (C=O) groups excluding carboxylic acids is 1. The number of amides is 1. The number of hydrogen-bond donors (Lipinski definition) is 2. The lowest BCUT2D eigenvalue weighted by Crippen LogP contribution is -2.29. The molecular formula is C18H17ClF3N5O. The van der Waals surface area contributed by atoms with Crippen molar-refractivity contribution in [2.45, 2.75) is 30.4 Å². The van der Waals surface area contributed by atoms with E-state index in [4.69, 9.17) is 23.1 Å². The molecule has 2 aromatic heterocycles. The Labute approximate surface area is 163 Å². The fourth-order valence-electron chi connectivity index (χ4n) is 3.27. The molecule has 28 heavy (non-hydrogen) atoms. The highest BCUT2D eigenvalue weighted by Crippen LogP contribution is 2.42. The van der Waals surface area contributed by atoms with Crippen LogP contribution in [0.25, 0.3) is 11.4 Å². The fourth-order valence-corrected chi connectivity index (χ4v) is 3.53. The average Bonchev–Trinajstić information content (AvgIpc) is 2.91. The number of primary amides is 1. The Bertz CT molecular complexity index is 978. The first-order chi connectivity index (χ1) is 13.0. The van der Waals surface area contributed by atoms with E-state index < -0.39 is 29.4 Å². The Morgan fingerprint density at radius 3 is 2.61 bits per heavy atom. The average molecular weight is 412 g/mol. The minimum atomic E-state index is -4.60. The molecule has 3 rings (SSSR count). The number of alkyl halides is 4. The second-order valence-electron chi connectivity index (χ2n) is 6.60. The summed E-state index contributed by atoms with van der Waals surface area (Å²) < 4.78 is 40.6. The highest BCUT2D eigenvalue weighted by Gasteiger charge is 2.38. The maximum absolute atomic E-state index is 13.3. The number of nitrogen functional groups attached to an aromatic ring is 1.